The highest BCUT2D eigenvalue weighted by atomic mass is 16.6. The van der Waals surface area contributed by atoms with Gasteiger partial charge in [0.15, 0.2) is 0 Å². The zero-order valence-corrected chi connectivity index (χ0v) is 15.8. The van der Waals surface area contributed by atoms with Crippen LogP contribution >= 0.6 is 0 Å². The van der Waals surface area contributed by atoms with E-state index in [9.17, 15) is 19.5 Å². The third kappa shape index (κ3) is 3.71. The number of carbonyl (C=O) groups excluding carboxylic acids is 3. The SMILES string of the molecule is C=C1C(=O)OC2CC(C=O)CC(O)C3OC3(C)CC(OC(=O)C(C)=CC)C12. The molecule has 0 spiro atoms. The number of allylic oxidation sites excluding steroid dienone is 1. The molecule has 7 unspecified atom stereocenters. The summed E-state index contributed by atoms with van der Waals surface area (Å²) in [6, 6.07) is 0. The molecule has 0 radical (unpaired) electrons. The number of ether oxygens (including phenoxy) is 3. The van der Waals surface area contributed by atoms with Gasteiger partial charge in [0.25, 0.3) is 0 Å². The van der Waals surface area contributed by atoms with Crippen molar-refractivity contribution in [2.75, 3.05) is 0 Å². The second kappa shape index (κ2) is 7.20. The molecule has 7 atom stereocenters. The van der Waals surface area contributed by atoms with Crippen LogP contribution in [0.4, 0.5) is 0 Å². The molecular weight excluding hydrogens is 352 g/mol. The van der Waals surface area contributed by atoms with Crippen LogP contribution in [-0.4, -0.2) is 53.3 Å². The van der Waals surface area contributed by atoms with Gasteiger partial charge in [0, 0.05) is 23.5 Å². The van der Waals surface area contributed by atoms with E-state index >= 15 is 0 Å². The summed E-state index contributed by atoms with van der Waals surface area (Å²) in [5.74, 6) is -2.08. The van der Waals surface area contributed by atoms with Crippen molar-refractivity contribution in [3.05, 3.63) is 23.8 Å². The summed E-state index contributed by atoms with van der Waals surface area (Å²) in [7, 11) is 0. The molecule has 2 saturated heterocycles. The van der Waals surface area contributed by atoms with Crippen LogP contribution in [0.25, 0.3) is 0 Å². The minimum Gasteiger partial charge on any atom is -0.458 e. The van der Waals surface area contributed by atoms with Crippen molar-refractivity contribution in [3.8, 4) is 0 Å². The fourth-order valence-corrected chi connectivity index (χ4v) is 4.14. The summed E-state index contributed by atoms with van der Waals surface area (Å²) in [6.45, 7) is 9.05. The third-order valence-corrected chi connectivity index (χ3v) is 5.91. The van der Waals surface area contributed by atoms with Crippen molar-refractivity contribution in [3.63, 3.8) is 0 Å². The highest BCUT2D eigenvalue weighted by Crippen LogP contribution is 2.48. The number of fused-ring (bicyclic) bond motifs is 2. The van der Waals surface area contributed by atoms with Crippen LogP contribution in [0.5, 0.6) is 0 Å². The van der Waals surface area contributed by atoms with Gasteiger partial charge in [0.05, 0.1) is 17.6 Å². The van der Waals surface area contributed by atoms with E-state index in [0.29, 0.717) is 12.0 Å². The van der Waals surface area contributed by atoms with E-state index in [1.54, 1.807) is 19.9 Å². The van der Waals surface area contributed by atoms with E-state index in [1.807, 2.05) is 6.92 Å². The number of hydrogen-bond acceptors (Lipinski definition) is 7. The Balaban J connectivity index is 1.95. The predicted molar refractivity (Wildman–Crippen MR) is 94.5 cm³/mol. The quantitative estimate of drug-likeness (QED) is 0.343. The molecule has 3 fully saturated rings. The molecule has 1 saturated carbocycles. The molecule has 2 aliphatic heterocycles. The van der Waals surface area contributed by atoms with Gasteiger partial charge in [-0.3, -0.25) is 0 Å². The molecule has 0 amide bonds. The van der Waals surface area contributed by atoms with Crippen molar-refractivity contribution < 1.29 is 33.7 Å². The highest BCUT2D eigenvalue weighted by Gasteiger charge is 2.60. The van der Waals surface area contributed by atoms with Crippen LogP contribution in [0, 0.1) is 11.8 Å². The average Bonchev–Trinajstić information content (AvgIpc) is 3.21. The maximum absolute atomic E-state index is 12.4. The standard InChI is InChI=1S/C20H26O7/c1-5-10(2)18(23)26-15-8-20(4)17(27-20)13(22)6-12(9-21)7-14-16(15)11(3)19(24)25-14/h5,9,12-17,22H,3,6-8H2,1-2,4H3. The third-order valence-electron chi connectivity index (χ3n) is 5.91. The van der Waals surface area contributed by atoms with Crippen LogP contribution < -0.4 is 0 Å². The Kier molecular flexibility index (Phi) is 5.27. The van der Waals surface area contributed by atoms with Gasteiger partial charge in [-0.1, -0.05) is 12.7 Å². The number of carbonyl (C=O) groups is 3. The van der Waals surface area contributed by atoms with Crippen LogP contribution in [0.1, 0.15) is 40.0 Å². The Hall–Kier alpha value is -1.99. The Bertz CT molecular complexity index is 696. The molecule has 148 valence electrons. The van der Waals surface area contributed by atoms with Gasteiger partial charge in [-0.2, -0.15) is 0 Å². The Morgan fingerprint density at radius 3 is 2.74 bits per heavy atom. The first-order valence-electron chi connectivity index (χ1n) is 9.25. The van der Waals surface area contributed by atoms with E-state index in [4.69, 9.17) is 14.2 Å². The van der Waals surface area contributed by atoms with Gasteiger partial charge in [-0.15, -0.1) is 0 Å². The second-order valence-electron chi connectivity index (χ2n) is 7.90. The fourth-order valence-electron chi connectivity index (χ4n) is 4.14. The maximum atomic E-state index is 12.4. The Morgan fingerprint density at radius 1 is 1.41 bits per heavy atom. The normalized spacial score (nSPS) is 41.9. The molecule has 7 heteroatoms. The van der Waals surface area contributed by atoms with Gasteiger partial charge in [-0.05, 0) is 33.6 Å². The van der Waals surface area contributed by atoms with Crippen molar-refractivity contribution in [1.82, 2.24) is 0 Å². The summed E-state index contributed by atoms with van der Waals surface area (Å²) in [4.78, 5) is 36.0. The largest absolute Gasteiger partial charge is 0.458 e. The smallest absolute Gasteiger partial charge is 0.334 e. The molecule has 0 aromatic carbocycles. The van der Waals surface area contributed by atoms with Gasteiger partial charge >= 0.3 is 11.9 Å². The number of aldehydes is 1. The van der Waals surface area contributed by atoms with Gasteiger partial charge in [0.1, 0.15) is 24.6 Å². The maximum Gasteiger partial charge on any atom is 0.334 e. The van der Waals surface area contributed by atoms with Gasteiger partial charge in [0.2, 0.25) is 0 Å². The first-order valence-corrected chi connectivity index (χ1v) is 9.25. The lowest BCUT2D eigenvalue weighted by Crippen LogP contribution is -2.40. The van der Waals surface area contributed by atoms with Gasteiger partial charge in [-0.25, -0.2) is 9.59 Å². The number of epoxide rings is 1. The molecule has 0 bridgehead atoms. The molecule has 7 nitrogen and oxygen atoms in total. The monoisotopic (exact) mass is 378 g/mol. The lowest BCUT2D eigenvalue weighted by molar-refractivity contribution is -0.150. The lowest BCUT2D eigenvalue weighted by atomic mass is 9.78. The summed E-state index contributed by atoms with van der Waals surface area (Å²) in [6.07, 6.45) is 0.619. The highest BCUT2D eigenvalue weighted by molar-refractivity contribution is 5.91. The predicted octanol–water partition coefficient (Wildman–Crippen LogP) is 1.48. The summed E-state index contributed by atoms with van der Waals surface area (Å²) in [5, 5.41) is 10.4. The minimum atomic E-state index is -0.810. The van der Waals surface area contributed by atoms with E-state index < -0.39 is 53.8 Å². The van der Waals surface area contributed by atoms with Crippen LogP contribution in [0.3, 0.4) is 0 Å². The molecule has 27 heavy (non-hydrogen) atoms. The number of rotatable bonds is 3. The van der Waals surface area contributed by atoms with Crippen molar-refractivity contribution in [1.29, 1.82) is 0 Å². The zero-order chi connectivity index (χ0) is 19.9. The fraction of sp³-hybridized carbons (Fsp3) is 0.650. The lowest BCUT2D eigenvalue weighted by Gasteiger charge is -2.31. The molecule has 3 aliphatic rings. The Labute approximate surface area is 158 Å². The molecule has 0 aromatic rings. The van der Waals surface area contributed by atoms with Crippen molar-refractivity contribution in [2.45, 2.75) is 70.1 Å². The summed E-state index contributed by atoms with van der Waals surface area (Å²) < 4.78 is 16.9. The van der Waals surface area contributed by atoms with Gasteiger partial charge < -0.3 is 24.1 Å². The van der Waals surface area contributed by atoms with Crippen LogP contribution in [0.15, 0.2) is 23.8 Å². The molecule has 3 rings (SSSR count). The molecule has 1 aliphatic carbocycles. The number of hydrogen-bond donors (Lipinski definition) is 1. The number of esters is 2. The first kappa shape index (κ1) is 19.8. The zero-order valence-electron chi connectivity index (χ0n) is 15.8. The second-order valence-corrected chi connectivity index (χ2v) is 7.90. The van der Waals surface area contributed by atoms with Crippen molar-refractivity contribution >= 4 is 18.2 Å². The summed E-state index contributed by atoms with van der Waals surface area (Å²) in [5.41, 5.74) is -0.0127. The summed E-state index contributed by atoms with van der Waals surface area (Å²) >= 11 is 0. The van der Waals surface area contributed by atoms with Crippen LogP contribution in [-0.2, 0) is 28.6 Å². The van der Waals surface area contributed by atoms with Crippen molar-refractivity contribution in [2.24, 2.45) is 11.8 Å². The van der Waals surface area contributed by atoms with E-state index in [-0.39, 0.29) is 18.4 Å². The van der Waals surface area contributed by atoms with Crippen LogP contribution in [0.2, 0.25) is 0 Å². The average molecular weight is 378 g/mol. The molecule has 2 heterocycles. The number of aliphatic hydroxyl groups excluding tert-OH is 1. The molecular formula is C20H26O7. The number of aliphatic hydroxyl groups is 1. The molecule has 0 aromatic heterocycles. The molecule has 1 N–H and O–H groups in total. The minimum absolute atomic E-state index is 0.235. The van der Waals surface area contributed by atoms with E-state index in [0.717, 1.165) is 6.29 Å². The topological polar surface area (TPSA) is 102 Å². The van der Waals surface area contributed by atoms with E-state index in [1.165, 1.54) is 0 Å². The van der Waals surface area contributed by atoms with E-state index in [2.05, 4.69) is 6.58 Å². The first-order chi connectivity index (χ1) is 12.7. The Morgan fingerprint density at radius 2 is 2.11 bits per heavy atom.